The number of fused-ring (bicyclic) bond motifs is 1. The fourth-order valence-corrected chi connectivity index (χ4v) is 5.74. The summed E-state index contributed by atoms with van der Waals surface area (Å²) in [5, 5.41) is 32.0. The third kappa shape index (κ3) is 7.96. The highest BCUT2D eigenvalue weighted by molar-refractivity contribution is 5.88. The van der Waals surface area contributed by atoms with Gasteiger partial charge in [-0.1, -0.05) is 38.7 Å². The van der Waals surface area contributed by atoms with Gasteiger partial charge in [0.25, 0.3) is 0 Å². The van der Waals surface area contributed by atoms with Gasteiger partial charge in [-0.2, -0.15) is 0 Å². The predicted octanol–water partition coefficient (Wildman–Crippen LogP) is 2.82. The van der Waals surface area contributed by atoms with Crippen molar-refractivity contribution >= 4 is 23.9 Å². The smallest absolute Gasteiger partial charge is 0.334 e. The summed E-state index contributed by atoms with van der Waals surface area (Å²) >= 11 is 0. The molecule has 0 heterocycles. The van der Waals surface area contributed by atoms with Gasteiger partial charge in [-0.15, -0.1) is 0 Å². The normalized spacial score (nSPS) is 31.7. The quantitative estimate of drug-likeness (QED) is 0.102. The van der Waals surface area contributed by atoms with E-state index in [2.05, 4.69) is 6.92 Å². The van der Waals surface area contributed by atoms with E-state index in [1.807, 2.05) is 0 Å². The Balaban J connectivity index is 2.69. The van der Waals surface area contributed by atoms with Gasteiger partial charge in [0.05, 0.1) is 12.0 Å². The van der Waals surface area contributed by atoms with Crippen molar-refractivity contribution in [2.24, 2.45) is 5.92 Å². The van der Waals surface area contributed by atoms with Crippen molar-refractivity contribution in [1.82, 2.24) is 0 Å². The highest BCUT2D eigenvalue weighted by atomic mass is 16.6. The van der Waals surface area contributed by atoms with Crippen LogP contribution in [0.2, 0.25) is 0 Å². The van der Waals surface area contributed by atoms with Gasteiger partial charge < -0.3 is 34.3 Å². The highest BCUT2D eigenvalue weighted by Crippen LogP contribution is 2.52. The van der Waals surface area contributed by atoms with Crippen molar-refractivity contribution in [3.63, 3.8) is 0 Å². The summed E-state index contributed by atoms with van der Waals surface area (Å²) in [6, 6.07) is 0. The topological polar surface area (TPSA) is 166 Å². The number of allylic oxidation sites excluding steroid dienone is 1. The summed E-state index contributed by atoms with van der Waals surface area (Å²) in [4.78, 5) is 50.7. The standard InChI is InChI=1S/C30H46O11/c1-8-10-11-12-13-14-21(34)38-26-24-23(18(4)25(26)40-28(36)17(3)9-2)27(39-22(35)16-31)30(7,37)20(33)15-29(24,6)41-19(5)32/h9,20,24-27,31,33,37H,8,10-16H2,1-7H3/b17-9-/t20-,24+,25-,26-,27-,29-,30?/m0/s1. The van der Waals surface area contributed by atoms with Crippen LogP contribution in [0.25, 0.3) is 0 Å². The molecule has 0 saturated heterocycles. The van der Waals surface area contributed by atoms with Gasteiger partial charge in [0.15, 0.2) is 18.3 Å². The fraction of sp³-hybridized carbons (Fsp3) is 0.733. The molecule has 232 valence electrons. The summed E-state index contributed by atoms with van der Waals surface area (Å²) in [5.41, 5.74) is -2.94. The lowest BCUT2D eigenvalue weighted by Gasteiger charge is -2.39. The minimum Gasteiger partial charge on any atom is -0.459 e. The zero-order valence-corrected chi connectivity index (χ0v) is 25.2. The average molecular weight is 583 g/mol. The van der Waals surface area contributed by atoms with Crippen molar-refractivity contribution in [3.8, 4) is 0 Å². The van der Waals surface area contributed by atoms with Crippen LogP contribution in [0.4, 0.5) is 0 Å². The first-order chi connectivity index (χ1) is 19.1. The fourth-order valence-electron chi connectivity index (χ4n) is 5.74. The van der Waals surface area contributed by atoms with Gasteiger partial charge in [-0.3, -0.25) is 9.59 Å². The van der Waals surface area contributed by atoms with Gasteiger partial charge in [0, 0.05) is 25.3 Å². The molecule has 41 heavy (non-hydrogen) atoms. The van der Waals surface area contributed by atoms with E-state index < -0.39 is 72.0 Å². The lowest BCUT2D eigenvalue weighted by atomic mass is 9.79. The van der Waals surface area contributed by atoms with E-state index in [0.29, 0.717) is 17.6 Å². The Hall–Kier alpha value is -2.76. The van der Waals surface area contributed by atoms with Crippen LogP contribution < -0.4 is 0 Å². The van der Waals surface area contributed by atoms with E-state index in [4.69, 9.17) is 18.9 Å². The number of hydrogen-bond acceptors (Lipinski definition) is 11. The zero-order chi connectivity index (χ0) is 31.1. The second kappa shape index (κ2) is 14.4. The molecule has 11 nitrogen and oxygen atoms in total. The van der Waals surface area contributed by atoms with Crippen molar-refractivity contribution in [3.05, 3.63) is 22.8 Å². The number of hydrogen-bond donors (Lipinski definition) is 3. The molecule has 7 atom stereocenters. The van der Waals surface area contributed by atoms with Crippen molar-refractivity contribution in [2.75, 3.05) is 6.61 Å². The number of carbonyl (C=O) groups is 4. The third-order valence-corrected chi connectivity index (χ3v) is 8.08. The molecule has 1 saturated carbocycles. The zero-order valence-electron chi connectivity index (χ0n) is 25.2. The largest absolute Gasteiger partial charge is 0.459 e. The summed E-state index contributed by atoms with van der Waals surface area (Å²) < 4.78 is 23.0. The predicted molar refractivity (Wildman–Crippen MR) is 147 cm³/mol. The lowest BCUT2D eigenvalue weighted by molar-refractivity contribution is -0.185. The number of aliphatic hydroxyl groups excluding tert-OH is 2. The van der Waals surface area contributed by atoms with Crippen LogP contribution in [0.1, 0.15) is 93.4 Å². The van der Waals surface area contributed by atoms with E-state index >= 15 is 0 Å². The first-order valence-electron chi connectivity index (χ1n) is 14.3. The summed E-state index contributed by atoms with van der Waals surface area (Å²) in [5.74, 6) is -4.11. The molecule has 1 fully saturated rings. The second-order valence-corrected chi connectivity index (χ2v) is 11.4. The third-order valence-electron chi connectivity index (χ3n) is 8.08. The molecule has 2 rings (SSSR count). The number of rotatable bonds is 12. The van der Waals surface area contributed by atoms with Gasteiger partial charge >= 0.3 is 23.9 Å². The average Bonchev–Trinajstić information content (AvgIpc) is 3.13. The Morgan fingerprint density at radius 3 is 2.20 bits per heavy atom. The minimum atomic E-state index is -2.12. The molecule has 0 aromatic carbocycles. The monoisotopic (exact) mass is 582 g/mol. The molecule has 2 aliphatic carbocycles. The number of esters is 4. The SMILES string of the molecule is C/C=C(/C)C(=O)O[C@H]1C(C)=C2[C@H]([C@@H]1OC(=O)CCCCCCC)[C@@](C)(OC(C)=O)C[C@H](O)C(C)(O)[C@H]2OC(=O)CO. The lowest BCUT2D eigenvalue weighted by Crippen LogP contribution is -2.52. The van der Waals surface area contributed by atoms with Crippen LogP contribution >= 0.6 is 0 Å². The first kappa shape index (κ1) is 34.4. The minimum absolute atomic E-state index is 0.101. The molecular formula is C30H46O11. The summed E-state index contributed by atoms with van der Waals surface area (Å²) in [6.45, 7) is 9.84. The molecule has 0 bridgehead atoms. The Kier molecular flexibility index (Phi) is 12.1. The molecule has 0 spiro atoms. The van der Waals surface area contributed by atoms with Crippen LogP contribution in [0, 0.1) is 5.92 Å². The molecule has 0 amide bonds. The molecule has 1 unspecified atom stereocenters. The maximum absolute atomic E-state index is 13.1. The van der Waals surface area contributed by atoms with Gasteiger partial charge in [-0.05, 0) is 52.2 Å². The van der Waals surface area contributed by atoms with Crippen molar-refractivity contribution < 1.29 is 53.4 Å². The molecule has 0 aromatic heterocycles. The number of ether oxygens (including phenoxy) is 4. The number of aliphatic hydroxyl groups is 3. The van der Waals surface area contributed by atoms with Crippen LogP contribution in [0.3, 0.4) is 0 Å². The molecule has 2 aliphatic rings. The van der Waals surface area contributed by atoms with Crippen LogP contribution in [-0.2, 0) is 38.1 Å². The van der Waals surface area contributed by atoms with Crippen molar-refractivity contribution in [2.45, 2.75) is 129 Å². The molecular weight excluding hydrogens is 536 g/mol. The van der Waals surface area contributed by atoms with Crippen LogP contribution in [-0.4, -0.2) is 81.4 Å². The maximum Gasteiger partial charge on any atom is 0.334 e. The van der Waals surface area contributed by atoms with E-state index in [9.17, 15) is 34.5 Å². The molecule has 3 N–H and O–H groups in total. The maximum atomic E-state index is 13.1. The van der Waals surface area contributed by atoms with Crippen LogP contribution in [0.5, 0.6) is 0 Å². The Morgan fingerprint density at radius 2 is 1.63 bits per heavy atom. The summed E-state index contributed by atoms with van der Waals surface area (Å²) in [6.07, 6.45) is 0.276. The van der Waals surface area contributed by atoms with Crippen LogP contribution in [0.15, 0.2) is 22.8 Å². The van der Waals surface area contributed by atoms with Gasteiger partial charge in [0.2, 0.25) is 0 Å². The molecule has 0 aromatic rings. The Bertz CT molecular complexity index is 1040. The Labute approximate surface area is 241 Å². The molecule has 0 aliphatic heterocycles. The second-order valence-electron chi connectivity index (χ2n) is 11.4. The van der Waals surface area contributed by atoms with E-state index in [-0.39, 0.29) is 18.4 Å². The highest BCUT2D eigenvalue weighted by Gasteiger charge is 2.64. The molecule has 0 radical (unpaired) electrons. The first-order valence-corrected chi connectivity index (χ1v) is 14.3. The number of carbonyl (C=O) groups excluding carboxylic acids is 4. The number of unbranched alkanes of at least 4 members (excludes halogenated alkanes) is 4. The van der Waals surface area contributed by atoms with E-state index in [1.54, 1.807) is 26.8 Å². The van der Waals surface area contributed by atoms with Gasteiger partial charge in [0.1, 0.15) is 17.8 Å². The van der Waals surface area contributed by atoms with Gasteiger partial charge in [-0.25, -0.2) is 9.59 Å². The summed E-state index contributed by atoms with van der Waals surface area (Å²) in [7, 11) is 0. The Morgan fingerprint density at radius 1 is 1.00 bits per heavy atom. The van der Waals surface area contributed by atoms with E-state index in [0.717, 1.165) is 25.7 Å². The van der Waals surface area contributed by atoms with E-state index in [1.165, 1.54) is 20.8 Å². The van der Waals surface area contributed by atoms with Crippen molar-refractivity contribution in [1.29, 1.82) is 0 Å². The molecule has 11 heteroatoms.